The van der Waals surface area contributed by atoms with E-state index in [0.717, 1.165) is 37.6 Å². The molecule has 0 radical (unpaired) electrons. The lowest BCUT2D eigenvalue weighted by atomic mass is 10.2. The predicted octanol–water partition coefficient (Wildman–Crippen LogP) is 1.27. The summed E-state index contributed by atoms with van der Waals surface area (Å²) in [4.78, 5) is 21.4. The highest BCUT2D eigenvalue weighted by atomic mass is 16.5. The number of hydrogen-bond acceptors (Lipinski definition) is 4. The summed E-state index contributed by atoms with van der Waals surface area (Å²) < 4.78 is 5.32. The normalized spacial score (nSPS) is 16.2. The first kappa shape index (κ1) is 13.0. The molecule has 5 nitrogen and oxygen atoms in total. The van der Waals surface area contributed by atoms with Gasteiger partial charge in [0.05, 0.1) is 18.9 Å². The Balaban J connectivity index is 1.85. The number of hydrogen-bond donors (Lipinski definition) is 1. The van der Waals surface area contributed by atoms with Crippen molar-refractivity contribution in [1.29, 1.82) is 0 Å². The molecule has 0 unspecified atom stereocenters. The molecule has 1 N–H and O–H groups in total. The van der Waals surface area contributed by atoms with Crippen LogP contribution in [0.3, 0.4) is 0 Å². The van der Waals surface area contributed by atoms with Gasteiger partial charge in [0.15, 0.2) is 0 Å². The average molecular weight is 271 g/mol. The van der Waals surface area contributed by atoms with Crippen LogP contribution in [0.2, 0.25) is 0 Å². The Bertz CT molecular complexity index is 619. The SMILES string of the molecule is O=c1cc(CN2CCOCC2)nc(-c2ccccc2)[nH]1. The first-order valence-corrected chi connectivity index (χ1v) is 6.77. The van der Waals surface area contributed by atoms with Crippen LogP contribution in [0.5, 0.6) is 0 Å². The average Bonchev–Trinajstić information content (AvgIpc) is 2.49. The number of ether oxygens (including phenoxy) is 1. The zero-order valence-electron chi connectivity index (χ0n) is 11.2. The van der Waals surface area contributed by atoms with Crippen molar-refractivity contribution in [3.8, 4) is 11.4 Å². The third-order valence-electron chi connectivity index (χ3n) is 3.33. The Morgan fingerprint density at radius 3 is 2.70 bits per heavy atom. The van der Waals surface area contributed by atoms with Gasteiger partial charge in [0.25, 0.3) is 5.56 Å². The summed E-state index contributed by atoms with van der Waals surface area (Å²) in [6, 6.07) is 11.3. The maximum atomic E-state index is 11.8. The van der Waals surface area contributed by atoms with Gasteiger partial charge in [-0.1, -0.05) is 30.3 Å². The van der Waals surface area contributed by atoms with E-state index in [0.29, 0.717) is 12.4 Å². The lowest BCUT2D eigenvalue weighted by Crippen LogP contribution is -2.36. The first-order valence-electron chi connectivity index (χ1n) is 6.77. The van der Waals surface area contributed by atoms with Crippen molar-refractivity contribution in [2.75, 3.05) is 26.3 Å². The van der Waals surface area contributed by atoms with Crippen molar-refractivity contribution in [3.05, 3.63) is 52.4 Å². The molecule has 2 aromatic rings. The molecule has 0 saturated carbocycles. The van der Waals surface area contributed by atoms with Crippen molar-refractivity contribution >= 4 is 0 Å². The fourth-order valence-corrected chi connectivity index (χ4v) is 2.31. The van der Waals surface area contributed by atoms with E-state index in [1.165, 1.54) is 0 Å². The molecule has 1 saturated heterocycles. The van der Waals surface area contributed by atoms with Crippen LogP contribution < -0.4 is 5.56 Å². The maximum Gasteiger partial charge on any atom is 0.251 e. The molecule has 1 aliphatic rings. The Morgan fingerprint density at radius 1 is 1.20 bits per heavy atom. The highest BCUT2D eigenvalue weighted by Crippen LogP contribution is 2.13. The summed E-state index contributed by atoms with van der Waals surface area (Å²) in [6.45, 7) is 3.95. The number of rotatable bonds is 3. The summed E-state index contributed by atoms with van der Waals surface area (Å²) in [5, 5.41) is 0. The van der Waals surface area contributed by atoms with Gasteiger partial charge < -0.3 is 9.72 Å². The maximum absolute atomic E-state index is 11.8. The van der Waals surface area contributed by atoms with Gasteiger partial charge in [0.1, 0.15) is 5.82 Å². The van der Waals surface area contributed by atoms with Gasteiger partial charge in [-0.15, -0.1) is 0 Å². The van der Waals surface area contributed by atoms with Crippen molar-refractivity contribution in [2.45, 2.75) is 6.54 Å². The largest absolute Gasteiger partial charge is 0.379 e. The van der Waals surface area contributed by atoms with E-state index in [1.54, 1.807) is 6.07 Å². The number of aromatic amines is 1. The van der Waals surface area contributed by atoms with Crippen LogP contribution in [0, 0.1) is 0 Å². The van der Waals surface area contributed by atoms with Gasteiger partial charge in [-0.05, 0) is 0 Å². The van der Waals surface area contributed by atoms with E-state index in [-0.39, 0.29) is 5.56 Å². The van der Waals surface area contributed by atoms with Crippen LogP contribution in [0.1, 0.15) is 5.69 Å². The number of benzene rings is 1. The minimum atomic E-state index is -0.109. The summed E-state index contributed by atoms with van der Waals surface area (Å²) in [7, 11) is 0. The molecule has 5 heteroatoms. The second kappa shape index (κ2) is 5.98. The lowest BCUT2D eigenvalue weighted by Gasteiger charge is -2.26. The minimum Gasteiger partial charge on any atom is -0.379 e. The molecular formula is C15H17N3O2. The van der Waals surface area contributed by atoms with Crippen LogP contribution in [-0.2, 0) is 11.3 Å². The number of H-pyrrole nitrogens is 1. The monoisotopic (exact) mass is 271 g/mol. The van der Waals surface area contributed by atoms with Crippen molar-refractivity contribution < 1.29 is 4.74 Å². The van der Waals surface area contributed by atoms with Crippen molar-refractivity contribution in [1.82, 2.24) is 14.9 Å². The highest BCUT2D eigenvalue weighted by Gasteiger charge is 2.12. The summed E-state index contributed by atoms with van der Waals surface area (Å²) in [6.07, 6.45) is 0. The molecule has 1 fully saturated rings. The van der Waals surface area contributed by atoms with Crippen LogP contribution in [0.4, 0.5) is 0 Å². The summed E-state index contributed by atoms with van der Waals surface area (Å²) in [5.74, 6) is 0.626. The first-order chi connectivity index (χ1) is 9.81. The number of nitrogens with zero attached hydrogens (tertiary/aromatic N) is 2. The second-order valence-electron chi connectivity index (χ2n) is 4.84. The number of aromatic nitrogens is 2. The van der Waals surface area contributed by atoms with Gasteiger partial charge in [0, 0.05) is 31.3 Å². The standard InChI is InChI=1S/C15H17N3O2/c19-14-10-13(11-18-6-8-20-9-7-18)16-15(17-14)12-4-2-1-3-5-12/h1-5,10H,6-9,11H2,(H,16,17,19). The van der Waals surface area contributed by atoms with Gasteiger partial charge in [-0.25, -0.2) is 4.98 Å². The molecule has 0 atom stereocenters. The highest BCUT2D eigenvalue weighted by molar-refractivity contribution is 5.54. The molecular weight excluding hydrogens is 254 g/mol. The molecule has 3 rings (SSSR count). The van der Waals surface area contributed by atoms with Crippen molar-refractivity contribution in [2.24, 2.45) is 0 Å². The minimum absolute atomic E-state index is 0.109. The quantitative estimate of drug-likeness (QED) is 0.913. The van der Waals surface area contributed by atoms with Crippen LogP contribution in [0.15, 0.2) is 41.2 Å². The summed E-state index contributed by atoms with van der Waals surface area (Å²) in [5.41, 5.74) is 1.62. The Kier molecular flexibility index (Phi) is 3.90. The Labute approximate surface area is 117 Å². The van der Waals surface area contributed by atoms with E-state index >= 15 is 0 Å². The molecule has 1 aromatic heterocycles. The van der Waals surface area contributed by atoms with Crippen LogP contribution >= 0.6 is 0 Å². The molecule has 0 spiro atoms. The molecule has 0 bridgehead atoms. The smallest absolute Gasteiger partial charge is 0.251 e. The van der Waals surface area contributed by atoms with Gasteiger partial charge >= 0.3 is 0 Å². The molecule has 1 aromatic carbocycles. The van der Waals surface area contributed by atoms with Gasteiger partial charge in [-0.2, -0.15) is 0 Å². The van der Waals surface area contributed by atoms with E-state index < -0.39 is 0 Å². The number of nitrogens with one attached hydrogen (secondary N) is 1. The summed E-state index contributed by atoms with van der Waals surface area (Å²) >= 11 is 0. The Morgan fingerprint density at radius 2 is 1.95 bits per heavy atom. The van der Waals surface area contributed by atoms with Gasteiger partial charge in [-0.3, -0.25) is 9.69 Å². The fourth-order valence-electron chi connectivity index (χ4n) is 2.31. The second-order valence-corrected chi connectivity index (χ2v) is 4.84. The molecule has 1 aliphatic heterocycles. The number of morpholine rings is 1. The molecule has 104 valence electrons. The van der Waals surface area contributed by atoms with E-state index in [1.807, 2.05) is 30.3 Å². The third-order valence-corrected chi connectivity index (χ3v) is 3.33. The van der Waals surface area contributed by atoms with E-state index in [2.05, 4.69) is 14.9 Å². The van der Waals surface area contributed by atoms with E-state index in [4.69, 9.17) is 4.74 Å². The third kappa shape index (κ3) is 3.12. The zero-order valence-corrected chi connectivity index (χ0v) is 11.2. The lowest BCUT2D eigenvalue weighted by molar-refractivity contribution is 0.0336. The van der Waals surface area contributed by atoms with Crippen LogP contribution in [0.25, 0.3) is 11.4 Å². The molecule has 0 amide bonds. The van der Waals surface area contributed by atoms with E-state index in [9.17, 15) is 4.79 Å². The topological polar surface area (TPSA) is 58.2 Å². The molecule has 20 heavy (non-hydrogen) atoms. The Hall–Kier alpha value is -1.98. The molecule has 2 heterocycles. The molecule has 0 aliphatic carbocycles. The van der Waals surface area contributed by atoms with Crippen LogP contribution in [-0.4, -0.2) is 41.2 Å². The zero-order chi connectivity index (χ0) is 13.8. The fraction of sp³-hybridized carbons (Fsp3) is 0.333. The predicted molar refractivity (Wildman–Crippen MR) is 76.4 cm³/mol. The van der Waals surface area contributed by atoms with Crippen molar-refractivity contribution in [3.63, 3.8) is 0 Å². The van der Waals surface area contributed by atoms with Gasteiger partial charge in [0.2, 0.25) is 0 Å².